The van der Waals surface area contributed by atoms with Gasteiger partial charge in [-0.2, -0.15) is 0 Å². The molecule has 0 bridgehead atoms. The minimum Gasteiger partial charge on any atom is -0.455 e. The number of cyclic esters (lactones) is 2. The van der Waals surface area contributed by atoms with Crippen molar-refractivity contribution >= 4 is 47.3 Å². The van der Waals surface area contributed by atoms with Crippen LogP contribution in [0.3, 0.4) is 0 Å². The number of esters is 3. The summed E-state index contributed by atoms with van der Waals surface area (Å²) in [5, 5.41) is 91.2. The molecule has 4 saturated heterocycles. The molecule has 2 amide bonds. The first kappa shape index (κ1) is 61.8. The van der Waals surface area contributed by atoms with Crippen LogP contribution in [0.15, 0.2) is 46.6 Å². The first-order valence-corrected chi connectivity index (χ1v) is 33.1. The number of urea groups is 1. The summed E-state index contributed by atoms with van der Waals surface area (Å²) in [4.78, 5) is 77.4. The smallest absolute Gasteiger partial charge is 0.334 e. The van der Waals surface area contributed by atoms with E-state index < -0.39 is 115 Å². The second-order valence-electron chi connectivity index (χ2n) is 30.4. The van der Waals surface area contributed by atoms with Gasteiger partial charge >= 0.3 is 23.9 Å². The lowest BCUT2D eigenvalue weighted by Gasteiger charge is -2.63. The average Bonchev–Trinajstić information content (AvgIpc) is 1.51. The molecule has 0 aromatic rings. The maximum absolute atomic E-state index is 14.0. The van der Waals surface area contributed by atoms with Crippen molar-refractivity contribution in [2.45, 2.75) is 265 Å². The number of epoxide rings is 2. The molecule has 478 valence electrons. The van der Waals surface area contributed by atoms with E-state index in [4.69, 9.17) is 23.7 Å². The lowest BCUT2D eigenvalue weighted by molar-refractivity contribution is -0.283. The highest BCUT2D eigenvalue weighted by Gasteiger charge is 2.87. The fourth-order valence-corrected chi connectivity index (χ4v) is 22.9. The number of aliphatic hydroxyl groups excluding tert-OH is 1. The van der Waals surface area contributed by atoms with Gasteiger partial charge < -0.3 is 70.1 Å². The highest BCUT2D eigenvalue weighted by atomic mass is 32.2. The number of amides is 2. The Balaban J connectivity index is 0.000000171. The minimum atomic E-state index is -1.86. The first-order valence-electron chi connectivity index (χ1n) is 32.0. The molecule has 6 heterocycles. The maximum atomic E-state index is 14.0. The Bertz CT molecular complexity index is 3160. The summed E-state index contributed by atoms with van der Waals surface area (Å²) in [7, 11) is 0. The number of hydrogen-bond donors (Lipinski definition) is 9. The molecule has 0 aromatic carbocycles. The van der Waals surface area contributed by atoms with Gasteiger partial charge in [-0.15, -0.1) is 11.8 Å². The summed E-state index contributed by atoms with van der Waals surface area (Å²) >= 11 is 1.75. The molecule has 14 rings (SSSR count). The molecular weight excluding hydrogens is 1140 g/mol. The average molecular weight is 1230 g/mol. The Hall–Kier alpha value is -4.03. The Morgan fingerprint density at radius 1 is 0.667 bits per heavy atom. The predicted molar refractivity (Wildman–Crippen MR) is 312 cm³/mol. The number of fused-ring (bicyclic) bond motifs is 9. The van der Waals surface area contributed by atoms with Gasteiger partial charge in [-0.05, 0) is 186 Å². The van der Waals surface area contributed by atoms with E-state index in [9.17, 15) is 64.5 Å². The van der Waals surface area contributed by atoms with Gasteiger partial charge in [-0.25, -0.2) is 14.4 Å². The number of ether oxygens (including phenoxy) is 5. The molecule has 9 unspecified atom stereocenters. The van der Waals surface area contributed by atoms with Crippen molar-refractivity contribution < 1.29 is 88.2 Å². The van der Waals surface area contributed by atoms with Gasteiger partial charge in [-0.3, -0.25) is 14.4 Å². The second-order valence-corrected chi connectivity index (χ2v) is 31.6. The number of ketones is 2. The molecular formula is C66H90N2O18S. The third-order valence-corrected chi connectivity index (χ3v) is 28.9. The van der Waals surface area contributed by atoms with Crippen LogP contribution in [0.1, 0.15) is 172 Å². The zero-order chi connectivity index (χ0) is 62.8. The van der Waals surface area contributed by atoms with Gasteiger partial charge in [0.25, 0.3) is 0 Å². The van der Waals surface area contributed by atoms with E-state index >= 15 is 0 Å². The van der Waals surface area contributed by atoms with Gasteiger partial charge in [-0.1, -0.05) is 31.4 Å². The third-order valence-electron chi connectivity index (χ3n) is 27.5. The lowest BCUT2D eigenvalue weighted by Crippen LogP contribution is -2.73. The predicted octanol–water partition coefficient (Wildman–Crippen LogP) is 4.93. The number of nitrogens with one attached hydrogen (secondary N) is 2. The molecule has 20 nitrogen and oxygen atoms in total. The Morgan fingerprint density at radius 3 is 1.67 bits per heavy atom. The van der Waals surface area contributed by atoms with Crippen LogP contribution < -0.4 is 10.6 Å². The fourth-order valence-electron chi connectivity index (χ4n) is 21.4. The molecule has 2 spiro atoms. The van der Waals surface area contributed by atoms with Crippen LogP contribution in [-0.4, -0.2) is 170 Å². The summed E-state index contributed by atoms with van der Waals surface area (Å²) in [6.45, 7) is 17.5. The summed E-state index contributed by atoms with van der Waals surface area (Å²) < 4.78 is 30.0. The number of aliphatic hydroxyl groups is 7. The summed E-state index contributed by atoms with van der Waals surface area (Å²) in [5.74, 6) is -1.59. The van der Waals surface area contributed by atoms with Crippen LogP contribution in [0.2, 0.25) is 0 Å². The number of carbonyl (C=O) groups is 6. The summed E-state index contributed by atoms with van der Waals surface area (Å²) in [5.41, 5.74) is -13.7. The number of allylic oxidation sites excluding steroid dienone is 2. The van der Waals surface area contributed by atoms with Crippen molar-refractivity contribution in [3.63, 3.8) is 0 Å². The van der Waals surface area contributed by atoms with Gasteiger partial charge in [0.15, 0.2) is 17.7 Å². The monoisotopic (exact) mass is 1230 g/mol. The normalized spacial score (nSPS) is 51.6. The van der Waals surface area contributed by atoms with Gasteiger partial charge in [0, 0.05) is 47.0 Å². The van der Waals surface area contributed by atoms with Gasteiger partial charge in [0.2, 0.25) is 0 Å². The molecule has 0 radical (unpaired) electrons. The summed E-state index contributed by atoms with van der Waals surface area (Å²) in [6.07, 6.45) is 8.29. The molecule has 10 fully saturated rings. The Labute approximate surface area is 512 Å². The van der Waals surface area contributed by atoms with Gasteiger partial charge in [0.1, 0.15) is 51.9 Å². The third kappa shape index (κ3) is 7.64. The molecule has 87 heavy (non-hydrogen) atoms. The largest absolute Gasteiger partial charge is 0.455 e. The molecule has 21 heteroatoms. The van der Waals surface area contributed by atoms with E-state index in [1.807, 2.05) is 41.5 Å². The van der Waals surface area contributed by atoms with E-state index in [2.05, 4.69) is 10.6 Å². The fraction of sp³-hybridized carbons (Fsp3) is 0.788. The first-order chi connectivity index (χ1) is 40.6. The van der Waals surface area contributed by atoms with Crippen LogP contribution in [0.5, 0.6) is 0 Å². The molecule has 9 N–H and O–H groups in total. The van der Waals surface area contributed by atoms with E-state index in [1.165, 1.54) is 32.1 Å². The number of hydrogen-bond acceptors (Lipinski definition) is 19. The van der Waals surface area contributed by atoms with Crippen molar-refractivity contribution in [1.29, 1.82) is 0 Å². The quantitative estimate of drug-likeness (QED) is 0.0606. The van der Waals surface area contributed by atoms with Crippen molar-refractivity contribution in [3.8, 4) is 0 Å². The number of carbonyl (C=O) groups excluding carboxylic acids is 6. The van der Waals surface area contributed by atoms with Crippen molar-refractivity contribution in [3.05, 3.63) is 46.6 Å². The summed E-state index contributed by atoms with van der Waals surface area (Å²) in [6, 6.07) is 0.00584. The Morgan fingerprint density at radius 2 is 1.15 bits per heavy atom. The zero-order valence-electron chi connectivity index (χ0n) is 51.9. The van der Waals surface area contributed by atoms with Crippen LogP contribution in [-0.2, 0) is 47.7 Å². The molecule has 6 saturated carbocycles. The van der Waals surface area contributed by atoms with E-state index in [-0.39, 0.29) is 97.4 Å². The topological polar surface area (TPSA) is 321 Å². The lowest BCUT2D eigenvalue weighted by atomic mass is 9.42. The van der Waals surface area contributed by atoms with Crippen molar-refractivity contribution in [2.24, 2.45) is 51.2 Å². The van der Waals surface area contributed by atoms with E-state index in [1.54, 1.807) is 31.7 Å². The molecule has 25 atom stereocenters. The standard InChI is InChI=1S/C38H52N2O10S.C28H38O8/c1-19-16-26(49-31(43)20(19)2)35(5,45)37(47)15-14-36(46)23-17-27-38(50-27)25(11-10-24(41)34(38,4)22(23)12-13-33(36,37)3)48-28(42)9-7-6-8-21-18-51-30-29(21)39-32(44)40-30;1-14-12-20(35-22(31)15(14)2)25(5,32)27(34)11-10-26(33)17-13-21-28(36-21)19(30)7-6-18(29)24(28,4)16(17)8-9-23(26,27)3/h10-11,21-23,25-27,29-30,45-47H,6-9,12-18H2,1-5H3,(H2,39,40,44);6-7,16-17,19-21,30,32-34H,8-13H2,1-5H3/t21?,22?,23?,25-,26?,27-,29?,30?,33+,34+,35+,36-,37+,38-;16?,17?,19-,20?,21-,23+,24+,25+,26-,27+,28-/m11/s1. The van der Waals surface area contributed by atoms with Crippen LogP contribution >= 0.6 is 11.8 Å². The van der Waals surface area contributed by atoms with Crippen molar-refractivity contribution in [1.82, 2.24) is 10.6 Å². The molecule has 8 aliphatic carbocycles. The van der Waals surface area contributed by atoms with Crippen LogP contribution in [0.4, 0.5) is 4.79 Å². The van der Waals surface area contributed by atoms with E-state index in [0.717, 1.165) is 29.7 Å². The molecule has 0 aromatic heterocycles. The highest BCUT2D eigenvalue weighted by Crippen LogP contribution is 2.77. The molecule has 14 aliphatic rings. The van der Waals surface area contributed by atoms with Crippen LogP contribution in [0, 0.1) is 51.2 Å². The second kappa shape index (κ2) is 19.5. The number of rotatable bonds is 10. The maximum Gasteiger partial charge on any atom is 0.334 e. The minimum absolute atomic E-state index is 0.0933. The number of unbranched alkanes of at least 4 members (excludes halogenated alkanes) is 1. The number of thioether (sulfide) groups is 1. The highest BCUT2D eigenvalue weighted by molar-refractivity contribution is 8.00. The van der Waals surface area contributed by atoms with Gasteiger partial charge in [0.05, 0.1) is 45.7 Å². The van der Waals surface area contributed by atoms with Crippen molar-refractivity contribution in [2.75, 3.05) is 5.75 Å². The van der Waals surface area contributed by atoms with E-state index in [0.29, 0.717) is 68.4 Å². The zero-order valence-corrected chi connectivity index (χ0v) is 52.7. The molecule has 6 aliphatic heterocycles. The SMILES string of the molecule is CC1=C(C)C(=O)OC([C@](C)(O)[C@]2(O)CC[C@@]3(O)C4C[C@H]5O[C@]56[C@H](O)C=CC(=O)[C@]6(C)C4CC[C@]23C)C1.CC1=C(C)C(=O)OC([C@](C)(O)[C@]2(O)CC[C@@]3(O)C4C[C@H]5O[C@]56[C@H](OC(=O)CCCCC5CSC7NC(=O)NC57)C=CC(=O)[C@]6(C)C4CC[C@]23C)C1. The van der Waals surface area contributed by atoms with Crippen LogP contribution in [0.25, 0.3) is 0 Å². The Kier molecular flexibility index (Phi) is 13.9.